The van der Waals surface area contributed by atoms with Crippen LogP contribution in [0.3, 0.4) is 0 Å². The maximum Gasteiger partial charge on any atom is 0.278 e. The van der Waals surface area contributed by atoms with Gasteiger partial charge in [-0.2, -0.15) is 0 Å². The van der Waals surface area contributed by atoms with Gasteiger partial charge in [0.25, 0.3) is 11.8 Å². The maximum atomic E-state index is 13.1. The van der Waals surface area contributed by atoms with Crippen molar-refractivity contribution < 1.29 is 14.4 Å². The number of piperidine rings is 1. The zero-order chi connectivity index (χ0) is 23.4. The smallest absolute Gasteiger partial charge is 0.278 e. The molecule has 4 rings (SSSR count). The summed E-state index contributed by atoms with van der Waals surface area (Å²) in [6, 6.07) is 14.8. The molecule has 0 spiro atoms. The first-order valence-electron chi connectivity index (χ1n) is 11.2. The lowest BCUT2D eigenvalue weighted by atomic mass is 10.0. The summed E-state index contributed by atoms with van der Waals surface area (Å²) in [5.41, 5.74) is 3.65. The lowest BCUT2D eigenvalue weighted by Gasteiger charge is -2.28. The Kier molecular flexibility index (Phi) is 6.58. The van der Waals surface area contributed by atoms with E-state index in [1.54, 1.807) is 24.3 Å². The van der Waals surface area contributed by atoms with Crippen LogP contribution in [0.25, 0.3) is 5.57 Å². The van der Waals surface area contributed by atoms with Gasteiger partial charge in [-0.25, -0.2) is 0 Å². The number of carbonyl (C=O) groups is 3. The average Bonchev–Trinajstić information content (AvgIpc) is 3.05. The van der Waals surface area contributed by atoms with E-state index in [4.69, 9.17) is 0 Å². The van der Waals surface area contributed by atoms with E-state index in [1.165, 1.54) is 37.2 Å². The van der Waals surface area contributed by atoms with Crippen molar-refractivity contribution in [2.24, 2.45) is 0 Å². The van der Waals surface area contributed by atoms with Gasteiger partial charge in [0.2, 0.25) is 5.91 Å². The molecule has 0 aliphatic carbocycles. The van der Waals surface area contributed by atoms with Gasteiger partial charge in [0, 0.05) is 43.6 Å². The Bertz CT molecular complexity index is 1100. The Hall–Kier alpha value is -3.87. The van der Waals surface area contributed by atoms with Gasteiger partial charge >= 0.3 is 0 Å². The molecule has 7 heteroatoms. The molecule has 1 saturated heterocycles. The molecule has 33 heavy (non-hydrogen) atoms. The minimum Gasteiger partial charge on any atom is -0.372 e. The highest BCUT2D eigenvalue weighted by atomic mass is 16.2. The zero-order valence-electron chi connectivity index (χ0n) is 18.8. The number of imide groups is 1. The molecule has 0 bridgehead atoms. The molecule has 0 aromatic heterocycles. The molecule has 7 nitrogen and oxygen atoms in total. The number of carbonyl (C=O) groups excluding carboxylic acids is 3. The van der Waals surface area contributed by atoms with Gasteiger partial charge in [-0.15, -0.1) is 6.58 Å². The van der Waals surface area contributed by atoms with Crippen molar-refractivity contribution in [3.8, 4) is 0 Å². The first-order chi connectivity index (χ1) is 16.0. The van der Waals surface area contributed by atoms with Crippen LogP contribution in [0.4, 0.5) is 17.1 Å². The highest BCUT2D eigenvalue weighted by Crippen LogP contribution is 2.32. The molecule has 0 radical (unpaired) electrons. The van der Waals surface area contributed by atoms with Crippen LogP contribution in [0.2, 0.25) is 0 Å². The Morgan fingerprint density at radius 2 is 1.58 bits per heavy atom. The summed E-state index contributed by atoms with van der Waals surface area (Å²) in [6.07, 6.45) is 5.21. The number of benzene rings is 2. The predicted molar refractivity (Wildman–Crippen MR) is 131 cm³/mol. The van der Waals surface area contributed by atoms with E-state index in [2.05, 4.69) is 22.1 Å². The fourth-order valence-corrected chi connectivity index (χ4v) is 4.23. The fraction of sp³-hybridized carbons (Fsp3) is 0.269. The van der Waals surface area contributed by atoms with Gasteiger partial charge in [0.15, 0.2) is 0 Å². The molecule has 2 aliphatic rings. The van der Waals surface area contributed by atoms with Crippen molar-refractivity contribution in [1.82, 2.24) is 4.90 Å². The number of nitrogens with zero attached hydrogens (tertiary/aromatic N) is 2. The predicted octanol–water partition coefficient (Wildman–Crippen LogP) is 4.01. The molecule has 1 fully saturated rings. The van der Waals surface area contributed by atoms with Gasteiger partial charge in [0.1, 0.15) is 5.70 Å². The van der Waals surface area contributed by atoms with Crippen LogP contribution in [0.1, 0.15) is 31.7 Å². The summed E-state index contributed by atoms with van der Waals surface area (Å²) in [7, 11) is 0. The Balaban J connectivity index is 1.63. The minimum absolute atomic E-state index is 0.129. The van der Waals surface area contributed by atoms with Gasteiger partial charge in [-0.1, -0.05) is 18.2 Å². The van der Waals surface area contributed by atoms with Crippen LogP contribution in [-0.4, -0.2) is 42.3 Å². The Morgan fingerprint density at radius 3 is 2.18 bits per heavy atom. The van der Waals surface area contributed by atoms with Crippen LogP contribution in [-0.2, 0) is 14.4 Å². The standard InChI is InChI=1S/C26H28N4O3/c1-3-15-30-25(32)23(19-7-9-20(10-8-19)27-18(2)31)24(26(30)33)28-21-11-13-22(14-12-21)29-16-5-4-6-17-29/h3,7-14,28H,1,4-6,15-17H2,2H3,(H,27,31). The Morgan fingerprint density at radius 1 is 0.939 bits per heavy atom. The van der Waals surface area contributed by atoms with Crippen molar-refractivity contribution in [3.63, 3.8) is 0 Å². The highest BCUT2D eigenvalue weighted by Gasteiger charge is 2.38. The number of nitrogens with one attached hydrogen (secondary N) is 2. The van der Waals surface area contributed by atoms with Crippen LogP contribution < -0.4 is 15.5 Å². The third kappa shape index (κ3) is 4.82. The number of hydrogen-bond acceptors (Lipinski definition) is 5. The summed E-state index contributed by atoms with van der Waals surface area (Å²) in [6.45, 7) is 7.34. The molecule has 2 aromatic rings. The number of anilines is 3. The van der Waals surface area contributed by atoms with E-state index >= 15 is 0 Å². The number of rotatable bonds is 7. The van der Waals surface area contributed by atoms with Crippen molar-refractivity contribution in [2.75, 3.05) is 35.2 Å². The van der Waals surface area contributed by atoms with E-state index in [0.29, 0.717) is 16.8 Å². The van der Waals surface area contributed by atoms with Gasteiger partial charge in [0.05, 0.1) is 5.57 Å². The van der Waals surface area contributed by atoms with E-state index in [-0.39, 0.29) is 30.0 Å². The topological polar surface area (TPSA) is 81.8 Å². The van der Waals surface area contributed by atoms with Crippen LogP contribution in [0.15, 0.2) is 66.9 Å². The second kappa shape index (κ2) is 9.73. The Labute approximate surface area is 193 Å². The molecule has 170 valence electrons. The summed E-state index contributed by atoms with van der Waals surface area (Å²) >= 11 is 0. The summed E-state index contributed by atoms with van der Waals surface area (Å²) < 4.78 is 0. The molecule has 2 N–H and O–H groups in total. The van der Waals surface area contributed by atoms with Gasteiger partial charge in [-0.3, -0.25) is 19.3 Å². The molecule has 0 atom stereocenters. The van der Waals surface area contributed by atoms with Crippen LogP contribution >= 0.6 is 0 Å². The molecule has 2 aliphatic heterocycles. The molecule has 0 unspecified atom stereocenters. The third-order valence-corrected chi connectivity index (χ3v) is 5.83. The van der Waals surface area contributed by atoms with Gasteiger partial charge < -0.3 is 15.5 Å². The quantitative estimate of drug-likeness (QED) is 0.498. The highest BCUT2D eigenvalue weighted by molar-refractivity contribution is 6.36. The normalized spacial score (nSPS) is 16.3. The second-order valence-corrected chi connectivity index (χ2v) is 8.24. The number of hydrogen-bond donors (Lipinski definition) is 2. The molecule has 0 saturated carbocycles. The van der Waals surface area contributed by atoms with E-state index < -0.39 is 0 Å². The van der Waals surface area contributed by atoms with Crippen LogP contribution in [0.5, 0.6) is 0 Å². The largest absolute Gasteiger partial charge is 0.372 e. The van der Waals surface area contributed by atoms with Gasteiger partial charge in [-0.05, 0) is 61.2 Å². The summed E-state index contributed by atoms with van der Waals surface area (Å²) in [5.74, 6) is -0.942. The first kappa shape index (κ1) is 22.3. The number of amides is 3. The lowest BCUT2D eigenvalue weighted by molar-refractivity contribution is -0.136. The molecular weight excluding hydrogens is 416 g/mol. The summed E-state index contributed by atoms with van der Waals surface area (Å²) in [4.78, 5) is 41.0. The first-order valence-corrected chi connectivity index (χ1v) is 11.2. The second-order valence-electron chi connectivity index (χ2n) is 8.24. The zero-order valence-corrected chi connectivity index (χ0v) is 18.8. The third-order valence-electron chi connectivity index (χ3n) is 5.83. The molecule has 2 aromatic carbocycles. The SMILES string of the molecule is C=CCN1C(=O)C(Nc2ccc(N3CCCCC3)cc2)=C(c2ccc(NC(C)=O)cc2)C1=O. The van der Waals surface area contributed by atoms with Crippen molar-refractivity contribution in [1.29, 1.82) is 0 Å². The molecular formula is C26H28N4O3. The maximum absolute atomic E-state index is 13.1. The van der Waals surface area contributed by atoms with Crippen molar-refractivity contribution in [2.45, 2.75) is 26.2 Å². The van der Waals surface area contributed by atoms with Crippen molar-refractivity contribution in [3.05, 3.63) is 72.4 Å². The van der Waals surface area contributed by atoms with Crippen molar-refractivity contribution >= 4 is 40.4 Å². The molecule has 2 heterocycles. The fourth-order valence-electron chi connectivity index (χ4n) is 4.23. The molecule has 3 amide bonds. The van der Waals surface area contributed by atoms with E-state index in [9.17, 15) is 14.4 Å². The van der Waals surface area contributed by atoms with Crippen LogP contribution in [0, 0.1) is 0 Å². The monoisotopic (exact) mass is 444 g/mol. The minimum atomic E-state index is -0.388. The van der Waals surface area contributed by atoms with E-state index in [0.717, 1.165) is 24.5 Å². The average molecular weight is 445 g/mol. The summed E-state index contributed by atoms with van der Waals surface area (Å²) in [5, 5.41) is 5.88. The van der Waals surface area contributed by atoms with E-state index in [1.807, 2.05) is 24.3 Å². The lowest BCUT2D eigenvalue weighted by Crippen LogP contribution is -2.32.